The van der Waals surface area contributed by atoms with E-state index in [9.17, 15) is 4.79 Å². The van der Waals surface area contributed by atoms with E-state index in [1.165, 1.54) is 0 Å². The Bertz CT molecular complexity index is 591. The number of nitrogen functional groups attached to an aromatic ring is 1. The Morgan fingerprint density at radius 2 is 2.05 bits per heavy atom. The van der Waals surface area contributed by atoms with Gasteiger partial charge in [0.15, 0.2) is 0 Å². The summed E-state index contributed by atoms with van der Waals surface area (Å²) in [4.78, 5) is 17.7. The number of pyridine rings is 1. The maximum atomic E-state index is 12.0. The van der Waals surface area contributed by atoms with Gasteiger partial charge in [0, 0.05) is 37.7 Å². The maximum Gasteiger partial charge on any atom is 0.246 e. The Hall–Kier alpha value is -2.62. The van der Waals surface area contributed by atoms with Crippen molar-refractivity contribution in [1.82, 2.24) is 9.88 Å². The van der Waals surface area contributed by atoms with Crippen molar-refractivity contribution < 1.29 is 4.79 Å². The largest absolute Gasteiger partial charge is 0.399 e. The number of amides is 1. The molecule has 0 spiro atoms. The second-order valence-corrected chi connectivity index (χ2v) is 4.56. The van der Waals surface area contributed by atoms with Gasteiger partial charge in [-0.3, -0.25) is 9.78 Å². The normalized spacial score (nSPS) is 10.7. The van der Waals surface area contributed by atoms with Gasteiger partial charge in [0.05, 0.1) is 0 Å². The lowest BCUT2D eigenvalue weighted by Crippen LogP contribution is -2.24. The SMILES string of the molecule is CN(Cc1cccnc1)C(=O)/C=C/c1ccc(N)cc1. The Morgan fingerprint density at radius 1 is 1.30 bits per heavy atom. The minimum Gasteiger partial charge on any atom is -0.399 e. The van der Waals surface area contributed by atoms with Gasteiger partial charge in [-0.05, 0) is 35.4 Å². The summed E-state index contributed by atoms with van der Waals surface area (Å²) in [6, 6.07) is 11.2. The molecule has 1 heterocycles. The van der Waals surface area contributed by atoms with E-state index in [2.05, 4.69) is 4.98 Å². The van der Waals surface area contributed by atoms with Gasteiger partial charge in [0.25, 0.3) is 0 Å². The second kappa shape index (κ2) is 6.52. The summed E-state index contributed by atoms with van der Waals surface area (Å²) in [6.45, 7) is 0.540. The Morgan fingerprint density at radius 3 is 2.70 bits per heavy atom. The fraction of sp³-hybridized carbons (Fsp3) is 0.125. The smallest absolute Gasteiger partial charge is 0.246 e. The lowest BCUT2D eigenvalue weighted by molar-refractivity contribution is -0.125. The molecule has 0 aliphatic carbocycles. The molecule has 0 radical (unpaired) electrons. The summed E-state index contributed by atoms with van der Waals surface area (Å²) in [5.74, 6) is -0.0503. The van der Waals surface area contributed by atoms with Gasteiger partial charge in [-0.2, -0.15) is 0 Å². The van der Waals surface area contributed by atoms with Gasteiger partial charge in [-0.15, -0.1) is 0 Å². The van der Waals surface area contributed by atoms with Gasteiger partial charge >= 0.3 is 0 Å². The first-order chi connectivity index (χ1) is 9.65. The molecule has 20 heavy (non-hydrogen) atoms. The molecule has 102 valence electrons. The predicted molar refractivity (Wildman–Crippen MR) is 80.6 cm³/mol. The molecule has 1 aromatic carbocycles. The predicted octanol–water partition coefficient (Wildman–Crippen LogP) is 2.34. The van der Waals surface area contributed by atoms with Crippen LogP contribution in [0.15, 0.2) is 54.9 Å². The van der Waals surface area contributed by atoms with E-state index in [0.717, 1.165) is 11.1 Å². The van der Waals surface area contributed by atoms with Gasteiger partial charge < -0.3 is 10.6 Å². The fourth-order valence-corrected chi connectivity index (χ4v) is 1.75. The Balaban J connectivity index is 1.95. The zero-order valence-corrected chi connectivity index (χ0v) is 11.4. The molecular weight excluding hydrogens is 250 g/mol. The van der Waals surface area contributed by atoms with E-state index >= 15 is 0 Å². The third kappa shape index (κ3) is 3.95. The quantitative estimate of drug-likeness (QED) is 0.683. The molecule has 0 atom stereocenters. The molecule has 0 unspecified atom stereocenters. The monoisotopic (exact) mass is 267 g/mol. The van der Waals surface area contributed by atoms with Crippen LogP contribution in [-0.2, 0) is 11.3 Å². The molecule has 2 aromatic rings. The van der Waals surface area contributed by atoms with Crippen molar-refractivity contribution >= 4 is 17.7 Å². The van der Waals surface area contributed by atoms with Gasteiger partial charge in [0.1, 0.15) is 0 Å². The number of benzene rings is 1. The topological polar surface area (TPSA) is 59.2 Å². The van der Waals surface area contributed by atoms with Crippen LogP contribution in [0.25, 0.3) is 6.08 Å². The highest BCUT2D eigenvalue weighted by atomic mass is 16.2. The third-order valence-electron chi connectivity index (χ3n) is 2.87. The maximum absolute atomic E-state index is 12.0. The van der Waals surface area contributed by atoms with Crippen LogP contribution >= 0.6 is 0 Å². The van der Waals surface area contributed by atoms with Crippen LogP contribution in [0.2, 0.25) is 0 Å². The molecular formula is C16H17N3O. The summed E-state index contributed by atoms with van der Waals surface area (Å²) < 4.78 is 0. The van der Waals surface area contributed by atoms with Crippen LogP contribution in [0.4, 0.5) is 5.69 Å². The van der Waals surface area contributed by atoms with E-state index in [0.29, 0.717) is 12.2 Å². The van der Waals surface area contributed by atoms with E-state index in [4.69, 9.17) is 5.73 Å². The summed E-state index contributed by atoms with van der Waals surface area (Å²) in [6.07, 6.45) is 6.81. The Kier molecular flexibility index (Phi) is 4.50. The van der Waals surface area contributed by atoms with Crippen LogP contribution in [0.5, 0.6) is 0 Å². The molecule has 1 aromatic heterocycles. The number of hydrogen-bond acceptors (Lipinski definition) is 3. The number of rotatable bonds is 4. The van der Waals surface area contributed by atoms with Crippen LogP contribution in [0, 0.1) is 0 Å². The first-order valence-corrected chi connectivity index (χ1v) is 6.33. The first-order valence-electron chi connectivity index (χ1n) is 6.33. The van der Waals surface area contributed by atoms with E-state index in [1.807, 2.05) is 36.4 Å². The minimum atomic E-state index is -0.0503. The summed E-state index contributed by atoms with van der Waals surface area (Å²) in [7, 11) is 1.77. The highest BCUT2D eigenvalue weighted by molar-refractivity contribution is 5.91. The average Bonchev–Trinajstić information content (AvgIpc) is 2.47. The van der Waals surface area contributed by atoms with Gasteiger partial charge in [-0.25, -0.2) is 0 Å². The number of nitrogens with two attached hydrogens (primary N) is 1. The standard InChI is InChI=1S/C16H17N3O/c1-19(12-14-3-2-10-18-11-14)16(20)9-6-13-4-7-15(17)8-5-13/h2-11H,12,17H2,1H3/b9-6+. The molecule has 0 fully saturated rings. The number of carbonyl (C=O) groups excluding carboxylic acids is 1. The van der Waals surface area contributed by atoms with Gasteiger partial charge in [0.2, 0.25) is 5.91 Å². The average molecular weight is 267 g/mol. The highest BCUT2D eigenvalue weighted by Crippen LogP contribution is 2.08. The zero-order chi connectivity index (χ0) is 14.4. The second-order valence-electron chi connectivity index (χ2n) is 4.56. The number of likely N-dealkylation sites (N-methyl/N-ethyl adjacent to an activating group) is 1. The number of carbonyl (C=O) groups is 1. The van der Waals surface area contributed by atoms with Crippen molar-refractivity contribution in [2.45, 2.75) is 6.54 Å². The number of aromatic nitrogens is 1. The molecule has 0 saturated carbocycles. The lowest BCUT2D eigenvalue weighted by Gasteiger charge is -2.14. The molecule has 2 N–H and O–H groups in total. The summed E-state index contributed by atoms with van der Waals surface area (Å²) in [5.41, 5.74) is 8.27. The first kappa shape index (κ1) is 13.8. The Labute approximate surface area is 118 Å². The van der Waals surface area contributed by atoms with E-state index in [-0.39, 0.29) is 5.91 Å². The number of nitrogens with zero attached hydrogens (tertiary/aromatic N) is 2. The summed E-state index contributed by atoms with van der Waals surface area (Å²) in [5, 5.41) is 0. The third-order valence-corrected chi connectivity index (χ3v) is 2.87. The molecule has 0 aliphatic rings. The zero-order valence-electron chi connectivity index (χ0n) is 11.4. The summed E-state index contributed by atoms with van der Waals surface area (Å²) >= 11 is 0. The van der Waals surface area contributed by atoms with E-state index in [1.54, 1.807) is 36.5 Å². The van der Waals surface area contributed by atoms with Crippen LogP contribution in [0.1, 0.15) is 11.1 Å². The molecule has 4 nitrogen and oxygen atoms in total. The van der Waals surface area contributed by atoms with Crippen molar-refractivity contribution in [2.24, 2.45) is 0 Å². The molecule has 1 amide bonds. The van der Waals surface area contributed by atoms with Crippen LogP contribution in [0.3, 0.4) is 0 Å². The van der Waals surface area contributed by atoms with E-state index < -0.39 is 0 Å². The van der Waals surface area contributed by atoms with Crippen LogP contribution < -0.4 is 5.73 Å². The lowest BCUT2D eigenvalue weighted by atomic mass is 10.2. The van der Waals surface area contributed by atoms with Crippen molar-refractivity contribution in [3.05, 3.63) is 66.0 Å². The number of anilines is 1. The molecule has 0 saturated heterocycles. The molecule has 4 heteroatoms. The van der Waals surface area contributed by atoms with Crippen LogP contribution in [-0.4, -0.2) is 22.8 Å². The van der Waals surface area contributed by atoms with Crippen molar-refractivity contribution in [3.63, 3.8) is 0 Å². The molecule has 0 aliphatic heterocycles. The van der Waals surface area contributed by atoms with Crippen molar-refractivity contribution in [3.8, 4) is 0 Å². The highest BCUT2D eigenvalue weighted by Gasteiger charge is 2.05. The minimum absolute atomic E-state index is 0.0503. The molecule has 0 bridgehead atoms. The fourth-order valence-electron chi connectivity index (χ4n) is 1.75. The molecule has 2 rings (SSSR count). The van der Waals surface area contributed by atoms with Crippen molar-refractivity contribution in [1.29, 1.82) is 0 Å². The number of hydrogen-bond donors (Lipinski definition) is 1. The van der Waals surface area contributed by atoms with Gasteiger partial charge in [-0.1, -0.05) is 18.2 Å². The van der Waals surface area contributed by atoms with Crippen molar-refractivity contribution in [2.75, 3.05) is 12.8 Å².